The Balaban J connectivity index is 1.66. The average molecular weight is 439 g/mol. The van der Waals surface area contributed by atoms with E-state index in [4.69, 9.17) is 14.8 Å². The van der Waals surface area contributed by atoms with Crippen molar-refractivity contribution in [2.24, 2.45) is 0 Å². The van der Waals surface area contributed by atoms with Crippen molar-refractivity contribution in [1.82, 2.24) is 14.8 Å². The van der Waals surface area contributed by atoms with Crippen molar-refractivity contribution in [1.29, 1.82) is 0 Å². The van der Waals surface area contributed by atoms with Crippen LogP contribution in [-0.2, 0) is 4.79 Å². The van der Waals surface area contributed by atoms with Gasteiger partial charge in [0.15, 0.2) is 0 Å². The summed E-state index contributed by atoms with van der Waals surface area (Å²) in [5.41, 5.74) is 3.64. The molecule has 0 radical (unpaired) electrons. The van der Waals surface area contributed by atoms with Gasteiger partial charge in [0.25, 0.3) is 0 Å². The standard InChI is InChI=1S/C21H18N4O3S2/c1-11-18-19(12-3-5-13(26)6-4-12)29-10-17(27)23-20(18)25(24-11)21-22-15-8-7-14(28-2)9-16(15)30-21/h3-9,19,26H,10H2,1-2H3,(H,23,27)/t19-/m0/s1. The van der Waals surface area contributed by atoms with E-state index >= 15 is 0 Å². The number of phenolic OH excluding ortho intramolecular Hbond substituents is 1. The molecule has 5 rings (SSSR count). The number of carbonyl (C=O) groups is 1. The van der Waals surface area contributed by atoms with Crippen LogP contribution in [0.1, 0.15) is 22.1 Å². The van der Waals surface area contributed by atoms with Crippen molar-refractivity contribution in [2.45, 2.75) is 12.2 Å². The minimum atomic E-state index is -0.0808. The second-order valence-corrected chi connectivity index (χ2v) is 9.02. The van der Waals surface area contributed by atoms with Crippen molar-refractivity contribution in [3.63, 3.8) is 0 Å². The third-order valence-corrected chi connectivity index (χ3v) is 7.23. The molecule has 0 saturated heterocycles. The molecular formula is C21H18N4O3S2. The molecule has 30 heavy (non-hydrogen) atoms. The van der Waals surface area contributed by atoms with E-state index in [9.17, 15) is 9.90 Å². The van der Waals surface area contributed by atoms with Gasteiger partial charge in [0.2, 0.25) is 11.0 Å². The SMILES string of the molecule is COc1ccc2nc(-n3nc(C)c4c3NC(=O)CS[C@H]4c3ccc(O)cc3)sc2c1. The number of aryl methyl sites for hydroxylation is 1. The molecule has 0 bridgehead atoms. The molecule has 0 saturated carbocycles. The van der Waals surface area contributed by atoms with Crippen LogP contribution in [-0.4, -0.2) is 38.6 Å². The number of carbonyl (C=O) groups excluding carboxylic acids is 1. The lowest BCUT2D eigenvalue weighted by molar-refractivity contribution is -0.113. The maximum Gasteiger partial charge on any atom is 0.235 e. The normalized spacial score (nSPS) is 16.2. The first-order chi connectivity index (χ1) is 14.5. The van der Waals surface area contributed by atoms with Crippen LogP contribution in [0.4, 0.5) is 5.82 Å². The minimum Gasteiger partial charge on any atom is -0.508 e. The first-order valence-electron chi connectivity index (χ1n) is 9.28. The number of nitrogens with zero attached hydrogens (tertiary/aromatic N) is 3. The van der Waals surface area contributed by atoms with E-state index in [1.807, 2.05) is 37.3 Å². The number of hydrogen-bond donors (Lipinski definition) is 2. The highest BCUT2D eigenvalue weighted by Gasteiger charge is 2.31. The van der Waals surface area contributed by atoms with Crippen LogP contribution in [0.2, 0.25) is 0 Å². The summed E-state index contributed by atoms with van der Waals surface area (Å²) in [5, 5.41) is 18.0. The van der Waals surface area contributed by atoms with Gasteiger partial charge in [-0.05, 0) is 42.8 Å². The highest BCUT2D eigenvalue weighted by atomic mass is 32.2. The first-order valence-corrected chi connectivity index (χ1v) is 11.1. The van der Waals surface area contributed by atoms with Crippen molar-refractivity contribution >= 4 is 45.0 Å². The number of phenols is 1. The molecule has 1 atom stereocenters. The zero-order chi connectivity index (χ0) is 20.8. The van der Waals surface area contributed by atoms with E-state index in [1.165, 1.54) is 11.3 Å². The van der Waals surface area contributed by atoms with Gasteiger partial charge in [-0.15, -0.1) is 11.8 Å². The fourth-order valence-corrected chi connectivity index (χ4v) is 5.69. The van der Waals surface area contributed by atoms with Gasteiger partial charge in [-0.2, -0.15) is 9.78 Å². The minimum absolute atomic E-state index is 0.0774. The van der Waals surface area contributed by atoms with Gasteiger partial charge in [-0.1, -0.05) is 23.5 Å². The molecule has 3 heterocycles. The van der Waals surface area contributed by atoms with Crippen molar-refractivity contribution in [3.8, 4) is 16.6 Å². The number of aromatic hydroxyl groups is 1. The fraction of sp³-hybridized carbons (Fsp3) is 0.190. The summed E-state index contributed by atoms with van der Waals surface area (Å²) in [6.07, 6.45) is 0. The Hall–Kier alpha value is -3.04. The van der Waals surface area contributed by atoms with Gasteiger partial charge in [0.1, 0.15) is 17.3 Å². The monoisotopic (exact) mass is 438 g/mol. The highest BCUT2D eigenvalue weighted by Crippen LogP contribution is 2.44. The lowest BCUT2D eigenvalue weighted by Gasteiger charge is -2.15. The van der Waals surface area contributed by atoms with Gasteiger partial charge < -0.3 is 15.2 Å². The van der Waals surface area contributed by atoms with Gasteiger partial charge in [0.05, 0.1) is 34.0 Å². The number of aromatic nitrogens is 3. The second-order valence-electron chi connectivity index (χ2n) is 6.92. The Bertz CT molecular complexity index is 1260. The molecule has 0 unspecified atom stereocenters. The predicted octanol–water partition coefficient (Wildman–Crippen LogP) is 4.28. The third-order valence-electron chi connectivity index (χ3n) is 4.97. The van der Waals surface area contributed by atoms with Crippen LogP contribution in [0.15, 0.2) is 42.5 Å². The summed E-state index contributed by atoms with van der Waals surface area (Å²) in [6.45, 7) is 1.94. The molecule has 2 aromatic carbocycles. The molecular weight excluding hydrogens is 420 g/mol. The topological polar surface area (TPSA) is 89.3 Å². The summed E-state index contributed by atoms with van der Waals surface area (Å²) < 4.78 is 8.02. The summed E-state index contributed by atoms with van der Waals surface area (Å²) >= 11 is 3.04. The number of thiazole rings is 1. The van der Waals surface area contributed by atoms with Crippen LogP contribution in [0.3, 0.4) is 0 Å². The molecule has 1 amide bonds. The van der Waals surface area contributed by atoms with Crippen molar-refractivity contribution in [3.05, 3.63) is 59.3 Å². The van der Waals surface area contributed by atoms with Crippen LogP contribution in [0.25, 0.3) is 15.3 Å². The number of rotatable bonds is 3. The van der Waals surface area contributed by atoms with E-state index < -0.39 is 0 Å². The van der Waals surface area contributed by atoms with Crippen LogP contribution < -0.4 is 10.1 Å². The molecule has 1 aliphatic heterocycles. The van der Waals surface area contributed by atoms with Crippen molar-refractivity contribution < 1.29 is 14.6 Å². The quantitative estimate of drug-likeness (QED) is 0.496. The fourth-order valence-electron chi connectivity index (χ4n) is 3.54. The Kier molecular flexibility index (Phi) is 4.63. The predicted molar refractivity (Wildman–Crippen MR) is 119 cm³/mol. The smallest absolute Gasteiger partial charge is 0.235 e. The number of ether oxygens (including phenoxy) is 1. The van der Waals surface area contributed by atoms with E-state index in [0.717, 1.165) is 32.8 Å². The molecule has 2 aromatic heterocycles. The number of amides is 1. The summed E-state index contributed by atoms with van der Waals surface area (Å²) in [7, 11) is 1.64. The first kappa shape index (κ1) is 19.0. The maximum atomic E-state index is 12.5. The third kappa shape index (κ3) is 3.20. The number of thioether (sulfide) groups is 1. The summed E-state index contributed by atoms with van der Waals surface area (Å²) in [5.74, 6) is 1.88. The van der Waals surface area contributed by atoms with Crippen LogP contribution in [0.5, 0.6) is 11.5 Å². The van der Waals surface area contributed by atoms with Crippen molar-refractivity contribution in [2.75, 3.05) is 18.2 Å². The number of methoxy groups -OCH3 is 1. The summed E-state index contributed by atoms with van der Waals surface area (Å²) in [4.78, 5) is 17.2. The van der Waals surface area contributed by atoms with E-state index in [-0.39, 0.29) is 16.9 Å². The summed E-state index contributed by atoms with van der Waals surface area (Å²) in [6, 6.07) is 12.8. The molecule has 4 aromatic rings. The van der Waals surface area contributed by atoms with E-state index in [0.29, 0.717) is 16.7 Å². The van der Waals surface area contributed by atoms with E-state index in [2.05, 4.69) is 5.32 Å². The zero-order valence-electron chi connectivity index (χ0n) is 16.2. The number of benzene rings is 2. The molecule has 7 nitrogen and oxygen atoms in total. The molecule has 2 N–H and O–H groups in total. The molecule has 9 heteroatoms. The number of anilines is 1. The Morgan fingerprint density at radius 3 is 2.80 bits per heavy atom. The van der Waals surface area contributed by atoms with Crippen LogP contribution >= 0.6 is 23.1 Å². The van der Waals surface area contributed by atoms with Gasteiger partial charge in [0, 0.05) is 5.56 Å². The lowest BCUT2D eigenvalue weighted by Crippen LogP contribution is -2.15. The molecule has 1 aliphatic rings. The Morgan fingerprint density at radius 2 is 2.03 bits per heavy atom. The number of nitrogens with one attached hydrogen (secondary N) is 1. The lowest BCUT2D eigenvalue weighted by atomic mass is 10.0. The highest BCUT2D eigenvalue weighted by molar-refractivity contribution is 8.00. The van der Waals surface area contributed by atoms with Gasteiger partial charge in [-0.3, -0.25) is 4.79 Å². The van der Waals surface area contributed by atoms with Crippen LogP contribution in [0, 0.1) is 6.92 Å². The second kappa shape index (κ2) is 7.33. The largest absolute Gasteiger partial charge is 0.508 e. The maximum absolute atomic E-state index is 12.5. The molecule has 0 aliphatic carbocycles. The van der Waals surface area contributed by atoms with Gasteiger partial charge >= 0.3 is 0 Å². The average Bonchev–Trinajstić information content (AvgIpc) is 3.24. The van der Waals surface area contributed by atoms with E-state index in [1.54, 1.807) is 35.7 Å². The number of hydrogen-bond acceptors (Lipinski definition) is 7. The molecule has 0 spiro atoms. The molecule has 152 valence electrons. The number of fused-ring (bicyclic) bond motifs is 2. The Labute approximate surface area is 180 Å². The molecule has 0 fully saturated rings. The van der Waals surface area contributed by atoms with Gasteiger partial charge in [-0.25, -0.2) is 4.98 Å². The Morgan fingerprint density at radius 1 is 1.23 bits per heavy atom. The zero-order valence-corrected chi connectivity index (χ0v) is 17.9.